The van der Waals surface area contributed by atoms with Crippen molar-refractivity contribution in [2.45, 2.75) is 30.2 Å². The minimum Gasteiger partial charge on any atom is -0.322 e. The van der Waals surface area contributed by atoms with Gasteiger partial charge in [-0.05, 0) is 50.1 Å². The number of nitrogens with one attached hydrogen (secondary N) is 2. The second-order valence-corrected chi connectivity index (χ2v) is 8.05. The molecule has 0 radical (unpaired) electrons. The van der Waals surface area contributed by atoms with Crippen LogP contribution in [0.1, 0.15) is 30.1 Å². The van der Waals surface area contributed by atoms with Crippen molar-refractivity contribution in [2.24, 2.45) is 0 Å². The van der Waals surface area contributed by atoms with Crippen LogP contribution in [0.15, 0.2) is 41.3 Å². The molecule has 0 atom stereocenters. The van der Waals surface area contributed by atoms with Crippen molar-refractivity contribution in [1.82, 2.24) is 4.72 Å². The van der Waals surface area contributed by atoms with Gasteiger partial charge in [-0.25, -0.2) is 26.3 Å². The Morgan fingerprint density at radius 1 is 1.00 bits per heavy atom. The van der Waals surface area contributed by atoms with Gasteiger partial charge in [0, 0.05) is 22.9 Å². The topological polar surface area (TPSA) is 75.3 Å². The van der Waals surface area contributed by atoms with E-state index >= 15 is 0 Å². The maximum Gasteiger partial charge on any atom is 0.255 e. The maximum atomic E-state index is 14.0. The van der Waals surface area contributed by atoms with Crippen molar-refractivity contribution in [3.63, 3.8) is 0 Å². The van der Waals surface area contributed by atoms with Crippen LogP contribution < -0.4 is 10.0 Å². The molecular weight excluding hydrogens is 369 g/mol. The number of sulfonamides is 1. The summed E-state index contributed by atoms with van der Waals surface area (Å²) in [6.45, 7) is 1.70. The standard InChI is InChI=1S/C17H15F3N2O3S/c1-17(6-7-17)22-26(24,25)15-8-10(2-4-13(15)19)16(23)21-11-3-5-12(18)14(20)9-11/h2-5,8-9,22H,6-7H2,1H3,(H,21,23). The number of hydrogen-bond acceptors (Lipinski definition) is 3. The van der Waals surface area contributed by atoms with Gasteiger partial charge in [-0.2, -0.15) is 0 Å². The van der Waals surface area contributed by atoms with Crippen molar-refractivity contribution in [3.8, 4) is 0 Å². The zero-order chi connectivity index (χ0) is 19.1. The van der Waals surface area contributed by atoms with Crippen molar-refractivity contribution in [3.05, 3.63) is 59.4 Å². The van der Waals surface area contributed by atoms with E-state index in [9.17, 15) is 26.4 Å². The molecule has 2 aromatic carbocycles. The van der Waals surface area contributed by atoms with Gasteiger partial charge in [-0.3, -0.25) is 4.79 Å². The number of carbonyl (C=O) groups is 1. The van der Waals surface area contributed by atoms with Gasteiger partial charge in [-0.1, -0.05) is 0 Å². The van der Waals surface area contributed by atoms with E-state index in [1.165, 1.54) is 0 Å². The summed E-state index contributed by atoms with van der Waals surface area (Å²) in [6.07, 6.45) is 1.29. The molecule has 0 unspecified atom stereocenters. The lowest BCUT2D eigenvalue weighted by atomic mass is 10.2. The summed E-state index contributed by atoms with van der Waals surface area (Å²) in [4.78, 5) is 11.6. The number of hydrogen-bond donors (Lipinski definition) is 2. The average molecular weight is 384 g/mol. The van der Waals surface area contributed by atoms with E-state index in [0.717, 1.165) is 36.4 Å². The maximum absolute atomic E-state index is 14.0. The summed E-state index contributed by atoms with van der Waals surface area (Å²) in [5.74, 6) is -4.00. The highest BCUT2D eigenvalue weighted by Crippen LogP contribution is 2.36. The van der Waals surface area contributed by atoms with Gasteiger partial charge in [0.1, 0.15) is 10.7 Å². The minimum atomic E-state index is -4.14. The van der Waals surface area contributed by atoms with E-state index in [4.69, 9.17) is 0 Å². The fourth-order valence-electron chi connectivity index (χ4n) is 2.30. The molecule has 9 heteroatoms. The summed E-state index contributed by atoms with van der Waals surface area (Å²) in [6, 6.07) is 5.63. The van der Waals surface area contributed by atoms with Crippen LogP contribution in [0.3, 0.4) is 0 Å². The first-order valence-electron chi connectivity index (χ1n) is 7.70. The van der Waals surface area contributed by atoms with E-state index in [0.29, 0.717) is 12.8 Å². The molecule has 5 nitrogen and oxygen atoms in total. The molecule has 138 valence electrons. The van der Waals surface area contributed by atoms with Gasteiger partial charge < -0.3 is 5.32 Å². The van der Waals surface area contributed by atoms with Crippen LogP contribution in [0.5, 0.6) is 0 Å². The van der Waals surface area contributed by atoms with Crippen molar-refractivity contribution in [2.75, 3.05) is 5.32 Å². The highest BCUT2D eigenvalue weighted by Gasteiger charge is 2.42. The summed E-state index contributed by atoms with van der Waals surface area (Å²) in [5.41, 5.74) is -0.765. The lowest BCUT2D eigenvalue weighted by Gasteiger charge is -2.13. The fraction of sp³-hybridized carbons (Fsp3) is 0.235. The van der Waals surface area contributed by atoms with Crippen LogP contribution in [0.25, 0.3) is 0 Å². The predicted octanol–water partition coefficient (Wildman–Crippen LogP) is 3.19. The zero-order valence-corrected chi connectivity index (χ0v) is 14.5. The molecule has 2 aromatic rings. The Morgan fingerprint density at radius 3 is 2.27 bits per heavy atom. The normalized spacial score (nSPS) is 15.5. The number of rotatable bonds is 5. The van der Waals surface area contributed by atoms with E-state index in [1.807, 2.05) is 0 Å². The van der Waals surface area contributed by atoms with E-state index in [1.54, 1.807) is 6.92 Å². The van der Waals surface area contributed by atoms with Crippen LogP contribution in [-0.4, -0.2) is 19.9 Å². The quantitative estimate of drug-likeness (QED) is 0.831. The second kappa shape index (κ2) is 6.40. The number of benzene rings is 2. The molecule has 26 heavy (non-hydrogen) atoms. The lowest BCUT2D eigenvalue weighted by molar-refractivity contribution is 0.102. The second-order valence-electron chi connectivity index (χ2n) is 6.39. The van der Waals surface area contributed by atoms with E-state index in [2.05, 4.69) is 10.0 Å². The molecule has 1 fully saturated rings. The third kappa shape index (κ3) is 3.88. The third-order valence-corrected chi connectivity index (χ3v) is 5.69. The molecule has 2 N–H and O–H groups in total. The summed E-state index contributed by atoms with van der Waals surface area (Å²) >= 11 is 0. The van der Waals surface area contributed by atoms with Gasteiger partial charge in [-0.15, -0.1) is 0 Å². The molecule has 1 aliphatic rings. The Balaban J connectivity index is 1.86. The van der Waals surface area contributed by atoms with Crippen molar-refractivity contribution < 1.29 is 26.4 Å². The zero-order valence-electron chi connectivity index (χ0n) is 13.6. The van der Waals surface area contributed by atoms with E-state index in [-0.39, 0.29) is 11.3 Å². The van der Waals surface area contributed by atoms with Crippen LogP contribution >= 0.6 is 0 Å². The SMILES string of the molecule is CC1(NS(=O)(=O)c2cc(C(=O)Nc3ccc(F)c(F)c3)ccc2F)CC1. The van der Waals surface area contributed by atoms with Crippen LogP contribution in [0.4, 0.5) is 18.9 Å². The Hall–Kier alpha value is -2.39. The third-order valence-electron chi connectivity index (χ3n) is 4.04. The summed E-state index contributed by atoms with van der Waals surface area (Å²) in [7, 11) is -4.14. The number of halogens is 3. The molecule has 0 bridgehead atoms. The average Bonchev–Trinajstić information content (AvgIpc) is 3.27. The van der Waals surface area contributed by atoms with Gasteiger partial charge in [0.15, 0.2) is 11.6 Å². The monoisotopic (exact) mass is 384 g/mol. The Morgan fingerprint density at radius 2 is 1.65 bits per heavy atom. The van der Waals surface area contributed by atoms with Gasteiger partial charge in [0.05, 0.1) is 0 Å². The molecule has 0 aliphatic heterocycles. The van der Waals surface area contributed by atoms with E-state index < -0.39 is 43.8 Å². The molecule has 1 amide bonds. The van der Waals surface area contributed by atoms with Crippen LogP contribution in [0.2, 0.25) is 0 Å². The lowest BCUT2D eigenvalue weighted by Crippen LogP contribution is -2.34. The smallest absolute Gasteiger partial charge is 0.255 e. The molecular formula is C17H15F3N2O3S. The van der Waals surface area contributed by atoms with Crippen molar-refractivity contribution >= 4 is 21.6 Å². The molecule has 0 spiro atoms. The first-order valence-corrected chi connectivity index (χ1v) is 9.18. The van der Waals surface area contributed by atoms with Gasteiger partial charge in [0.2, 0.25) is 10.0 Å². The minimum absolute atomic E-state index is 0.0220. The fourth-order valence-corrected chi connectivity index (χ4v) is 3.87. The van der Waals surface area contributed by atoms with Crippen LogP contribution in [0, 0.1) is 17.5 Å². The van der Waals surface area contributed by atoms with Gasteiger partial charge >= 0.3 is 0 Å². The first-order chi connectivity index (χ1) is 12.1. The highest BCUT2D eigenvalue weighted by molar-refractivity contribution is 7.89. The number of amides is 1. The molecule has 1 aliphatic carbocycles. The predicted molar refractivity (Wildman–Crippen MR) is 88.7 cm³/mol. The van der Waals surface area contributed by atoms with Crippen LogP contribution in [-0.2, 0) is 10.0 Å². The molecule has 0 aromatic heterocycles. The molecule has 1 saturated carbocycles. The largest absolute Gasteiger partial charge is 0.322 e. The highest BCUT2D eigenvalue weighted by atomic mass is 32.2. The van der Waals surface area contributed by atoms with Crippen molar-refractivity contribution in [1.29, 1.82) is 0 Å². The molecule has 0 heterocycles. The number of anilines is 1. The number of carbonyl (C=O) groups excluding carboxylic acids is 1. The summed E-state index contributed by atoms with van der Waals surface area (Å²) < 4.78 is 67.2. The molecule has 3 rings (SSSR count). The Bertz CT molecular complexity index is 989. The Labute approximate surface area is 148 Å². The Kier molecular flexibility index (Phi) is 4.53. The summed E-state index contributed by atoms with van der Waals surface area (Å²) in [5, 5.41) is 2.30. The first kappa shape index (κ1) is 18.4. The van der Waals surface area contributed by atoms with Gasteiger partial charge in [0.25, 0.3) is 5.91 Å². The molecule has 0 saturated heterocycles.